The zero-order valence-corrected chi connectivity index (χ0v) is 15.6. The first-order chi connectivity index (χ1) is 12.2. The van der Waals surface area contributed by atoms with Gasteiger partial charge >= 0.3 is 0 Å². The molecule has 0 aliphatic heterocycles. The van der Waals surface area contributed by atoms with Crippen molar-refractivity contribution < 1.29 is 4.39 Å². The summed E-state index contributed by atoms with van der Waals surface area (Å²) in [6, 6.07) is 6.18. The zero-order chi connectivity index (χ0) is 19.1. The van der Waals surface area contributed by atoms with Crippen LogP contribution in [0.4, 0.5) is 10.2 Å². The number of halogens is 2. The topological polar surface area (TPSA) is 78.9 Å². The lowest BCUT2D eigenvalue weighted by Gasteiger charge is -2.30. The number of nitrogens with zero attached hydrogens (tertiary/aromatic N) is 5. The van der Waals surface area contributed by atoms with Gasteiger partial charge in [0.2, 0.25) is 0 Å². The van der Waals surface area contributed by atoms with E-state index in [9.17, 15) is 4.39 Å². The van der Waals surface area contributed by atoms with Gasteiger partial charge in [0.15, 0.2) is 0 Å². The van der Waals surface area contributed by atoms with E-state index in [-0.39, 0.29) is 27.7 Å². The molecule has 0 aliphatic carbocycles. The molecule has 2 aromatic heterocycles. The number of fused-ring (bicyclic) bond motifs is 1. The van der Waals surface area contributed by atoms with Crippen molar-refractivity contribution in [3.05, 3.63) is 41.1 Å². The maximum absolute atomic E-state index is 14.7. The molecule has 0 spiro atoms. The van der Waals surface area contributed by atoms with Crippen LogP contribution in [0.1, 0.15) is 33.3 Å². The van der Waals surface area contributed by atoms with Crippen LogP contribution in [0.2, 0.25) is 5.15 Å². The Kier molecular flexibility index (Phi) is 4.55. The average Bonchev–Trinajstić information content (AvgIpc) is 3.02. The molecule has 3 aromatic rings. The SMILES string of the molecule is C[C@@H](Nc1c(-c2ccc(C#N)cc2F)c(Cl)nc2ncnn12)C(C)(C)C. The second kappa shape index (κ2) is 6.54. The van der Waals surface area contributed by atoms with E-state index in [0.717, 1.165) is 0 Å². The highest BCUT2D eigenvalue weighted by Gasteiger charge is 2.25. The Balaban J connectivity index is 2.26. The molecule has 0 saturated heterocycles. The lowest BCUT2D eigenvalue weighted by atomic mass is 9.88. The van der Waals surface area contributed by atoms with Gasteiger partial charge in [-0.05, 0) is 30.5 Å². The van der Waals surface area contributed by atoms with E-state index in [1.54, 1.807) is 0 Å². The Hall–Kier alpha value is -2.72. The Morgan fingerprint density at radius 1 is 1.35 bits per heavy atom. The lowest BCUT2D eigenvalue weighted by Crippen LogP contribution is -2.32. The van der Waals surface area contributed by atoms with Crippen molar-refractivity contribution >= 4 is 23.2 Å². The summed E-state index contributed by atoms with van der Waals surface area (Å²) in [7, 11) is 0. The minimum Gasteiger partial charge on any atom is -0.366 e. The Bertz CT molecular complexity index is 1010. The predicted molar refractivity (Wildman–Crippen MR) is 98.4 cm³/mol. The van der Waals surface area contributed by atoms with E-state index in [1.807, 2.05) is 13.0 Å². The van der Waals surface area contributed by atoms with Crippen LogP contribution in [0.3, 0.4) is 0 Å². The standard InChI is InChI=1S/C18H18ClFN6/c1-10(18(2,3)4)24-16-14(12-6-5-11(8-21)7-13(12)20)15(19)25-17-22-9-23-26(16)17/h5-7,9-10,24H,1-4H3/t10-/m1/s1. The highest BCUT2D eigenvalue weighted by Crippen LogP contribution is 2.37. The third kappa shape index (κ3) is 3.20. The number of hydrogen-bond acceptors (Lipinski definition) is 5. The minimum absolute atomic E-state index is 0.0218. The Morgan fingerprint density at radius 2 is 2.08 bits per heavy atom. The van der Waals surface area contributed by atoms with Gasteiger partial charge in [-0.25, -0.2) is 4.39 Å². The number of rotatable bonds is 3. The van der Waals surface area contributed by atoms with Gasteiger partial charge in [0.05, 0.1) is 17.2 Å². The Labute approximate surface area is 155 Å². The molecule has 26 heavy (non-hydrogen) atoms. The van der Waals surface area contributed by atoms with Gasteiger partial charge in [-0.3, -0.25) is 0 Å². The first-order valence-electron chi connectivity index (χ1n) is 8.08. The summed E-state index contributed by atoms with van der Waals surface area (Å²) in [5, 5.41) is 16.6. The van der Waals surface area contributed by atoms with E-state index in [0.29, 0.717) is 17.2 Å². The molecular formula is C18H18ClFN6. The molecule has 0 saturated carbocycles. The van der Waals surface area contributed by atoms with Crippen molar-refractivity contribution in [2.75, 3.05) is 5.32 Å². The first kappa shape index (κ1) is 18.1. The molecule has 0 unspecified atom stereocenters. The molecule has 1 aromatic carbocycles. The maximum atomic E-state index is 14.7. The van der Waals surface area contributed by atoms with Crippen molar-refractivity contribution in [3.8, 4) is 17.2 Å². The van der Waals surface area contributed by atoms with E-state index >= 15 is 0 Å². The van der Waals surface area contributed by atoms with Gasteiger partial charge in [0.25, 0.3) is 5.78 Å². The summed E-state index contributed by atoms with van der Waals surface area (Å²) in [6.45, 7) is 8.30. The van der Waals surface area contributed by atoms with Gasteiger partial charge in [-0.2, -0.15) is 24.8 Å². The second-order valence-electron chi connectivity index (χ2n) is 7.14. The number of nitriles is 1. The molecule has 0 fully saturated rings. The van der Waals surface area contributed by atoms with Gasteiger partial charge in [-0.1, -0.05) is 32.4 Å². The van der Waals surface area contributed by atoms with Crippen LogP contribution in [-0.2, 0) is 0 Å². The summed E-state index contributed by atoms with van der Waals surface area (Å²) in [5.74, 6) is 0.263. The molecule has 3 rings (SSSR count). The molecule has 0 bridgehead atoms. The van der Waals surface area contributed by atoms with Gasteiger partial charge in [0, 0.05) is 11.6 Å². The van der Waals surface area contributed by atoms with Gasteiger partial charge in [0.1, 0.15) is 23.1 Å². The summed E-state index contributed by atoms with van der Waals surface area (Å²) in [6.07, 6.45) is 1.37. The predicted octanol–water partition coefficient (Wildman–Crippen LogP) is 4.30. The van der Waals surface area contributed by atoms with Crippen molar-refractivity contribution in [1.29, 1.82) is 5.26 Å². The molecule has 2 heterocycles. The van der Waals surface area contributed by atoms with Crippen molar-refractivity contribution in [3.63, 3.8) is 0 Å². The van der Waals surface area contributed by atoms with Crippen molar-refractivity contribution in [1.82, 2.24) is 19.6 Å². The molecule has 1 atom stereocenters. The average molecular weight is 373 g/mol. The largest absolute Gasteiger partial charge is 0.366 e. The fourth-order valence-corrected chi connectivity index (χ4v) is 2.66. The third-order valence-corrected chi connectivity index (χ3v) is 4.68. The molecule has 0 radical (unpaired) electrons. The molecule has 0 aliphatic rings. The maximum Gasteiger partial charge on any atom is 0.255 e. The molecule has 0 amide bonds. The fourth-order valence-electron chi connectivity index (χ4n) is 2.40. The summed E-state index contributed by atoms with van der Waals surface area (Å²) in [4.78, 5) is 8.28. The summed E-state index contributed by atoms with van der Waals surface area (Å²) in [5.41, 5.74) is 0.781. The third-order valence-electron chi connectivity index (χ3n) is 4.40. The van der Waals surface area contributed by atoms with Crippen molar-refractivity contribution in [2.24, 2.45) is 5.41 Å². The fraction of sp³-hybridized carbons (Fsp3) is 0.333. The van der Waals surface area contributed by atoms with Crippen LogP contribution in [-0.4, -0.2) is 25.6 Å². The van der Waals surface area contributed by atoms with Crippen LogP contribution >= 0.6 is 11.6 Å². The smallest absolute Gasteiger partial charge is 0.255 e. The first-order valence-corrected chi connectivity index (χ1v) is 8.46. The number of nitrogens with one attached hydrogen (secondary N) is 1. The van der Waals surface area contributed by atoms with E-state index in [4.69, 9.17) is 16.9 Å². The van der Waals surface area contributed by atoms with E-state index in [2.05, 4.69) is 41.2 Å². The quantitative estimate of drug-likeness (QED) is 0.693. The highest BCUT2D eigenvalue weighted by molar-refractivity contribution is 6.33. The number of aromatic nitrogens is 4. The monoisotopic (exact) mass is 372 g/mol. The van der Waals surface area contributed by atoms with E-state index in [1.165, 1.54) is 29.0 Å². The van der Waals surface area contributed by atoms with Crippen LogP contribution in [0, 0.1) is 22.6 Å². The number of hydrogen-bond donors (Lipinski definition) is 1. The lowest BCUT2D eigenvalue weighted by molar-refractivity contribution is 0.358. The Morgan fingerprint density at radius 3 is 2.69 bits per heavy atom. The van der Waals surface area contributed by atoms with Gasteiger partial charge < -0.3 is 5.32 Å². The molecule has 6 nitrogen and oxygen atoms in total. The van der Waals surface area contributed by atoms with Crippen LogP contribution in [0.5, 0.6) is 0 Å². The number of anilines is 1. The van der Waals surface area contributed by atoms with E-state index < -0.39 is 5.82 Å². The van der Waals surface area contributed by atoms with Crippen LogP contribution < -0.4 is 5.32 Å². The zero-order valence-electron chi connectivity index (χ0n) is 14.9. The highest BCUT2D eigenvalue weighted by atomic mass is 35.5. The second-order valence-corrected chi connectivity index (χ2v) is 7.49. The van der Waals surface area contributed by atoms with Crippen molar-refractivity contribution in [2.45, 2.75) is 33.7 Å². The molecular weight excluding hydrogens is 355 g/mol. The number of benzene rings is 1. The minimum atomic E-state index is -0.557. The summed E-state index contributed by atoms with van der Waals surface area (Å²) >= 11 is 6.38. The summed E-state index contributed by atoms with van der Waals surface area (Å²) < 4.78 is 16.2. The molecule has 1 N–H and O–H groups in total. The normalized spacial score (nSPS) is 12.8. The van der Waals surface area contributed by atoms with Gasteiger partial charge in [-0.15, -0.1) is 0 Å². The molecule has 134 valence electrons. The van der Waals surface area contributed by atoms with Crippen LogP contribution in [0.15, 0.2) is 24.5 Å². The molecule has 8 heteroatoms. The van der Waals surface area contributed by atoms with Crippen LogP contribution in [0.25, 0.3) is 16.9 Å².